The average molecular weight is 392 g/mol. The predicted octanol–water partition coefficient (Wildman–Crippen LogP) is 3.29. The first-order valence-electron chi connectivity index (χ1n) is 9.59. The van der Waals surface area contributed by atoms with E-state index in [-0.39, 0.29) is 16.9 Å². The zero-order valence-corrected chi connectivity index (χ0v) is 17.0. The number of methoxy groups -OCH3 is 1. The third kappa shape index (κ3) is 7.01. The summed E-state index contributed by atoms with van der Waals surface area (Å²) in [5.41, 5.74) is 2.30. The van der Waals surface area contributed by atoms with E-state index in [0.717, 1.165) is 44.1 Å². The molecule has 0 saturated heterocycles. The second-order valence-electron chi connectivity index (χ2n) is 7.01. The zero-order valence-electron chi connectivity index (χ0n) is 16.2. The van der Waals surface area contributed by atoms with Gasteiger partial charge in [0.05, 0.1) is 7.11 Å². The Morgan fingerprint density at radius 3 is 2.56 bits per heavy atom. The highest BCUT2D eigenvalue weighted by Gasteiger charge is 2.27. The van der Waals surface area contributed by atoms with Gasteiger partial charge in [0.15, 0.2) is 5.12 Å². The van der Waals surface area contributed by atoms with Gasteiger partial charge in [0.2, 0.25) is 5.91 Å². The van der Waals surface area contributed by atoms with Gasteiger partial charge in [-0.2, -0.15) is 0 Å². The predicted molar refractivity (Wildman–Crippen MR) is 108 cm³/mol. The Morgan fingerprint density at radius 2 is 1.85 bits per heavy atom. The maximum absolute atomic E-state index is 12.8. The second kappa shape index (κ2) is 11.1. The summed E-state index contributed by atoms with van der Waals surface area (Å²) in [7, 11) is 1.34. The molecule has 0 spiro atoms. The number of hydrogen-bond acceptors (Lipinski definition) is 5. The molecular weight excluding hydrogens is 362 g/mol. The van der Waals surface area contributed by atoms with Crippen LogP contribution in [0.4, 0.5) is 0 Å². The van der Waals surface area contributed by atoms with Crippen LogP contribution in [0.25, 0.3) is 0 Å². The number of thioether (sulfide) groups is 1. The van der Waals surface area contributed by atoms with Crippen molar-refractivity contribution >= 4 is 28.8 Å². The lowest BCUT2D eigenvalue weighted by Gasteiger charge is -2.21. The maximum Gasteiger partial charge on any atom is 0.328 e. The van der Waals surface area contributed by atoms with Crippen molar-refractivity contribution in [3.8, 4) is 0 Å². The van der Waals surface area contributed by atoms with Crippen LogP contribution in [-0.4, -0.2) is 35.9 Å². The summed E-state index contributed by atoms with van der Waals surface area (Å²) < 4.78 is 4.92. The molecule has 0 radical (unpaired) electrons. The molecule has 1 heterocycles. The van der Waals surface area contributed by atoms with E-state index in [4.69, 9.17) is 4.74 Å². The molecule has 1 aromatic rings. The molecule has 27 heavy (non-hydrogen) atoms. The first-order chi connectivity index (χ1) is 13.0. The Bertz CT molecular complexity index is 661. The van der Waals surface area contributed by atoms with Crippen molar-refractivity contribution in [2.24, 2.45) is 5.92 Å². The van der Waals surface area contributed by atoms with Crippen LogP contribution in [0, 0.1) is 5.92 Å². The second-order valence-corrected chi connectivity index (χ2v) is 8.21. The molecule has 1 amide bonds. The largest absolute Gasteiger partial charge is 0.467 e. The van der Waals surface area contributed by atoms with Crippen molar-refractivity contribution in [3.63, 3.8) is 0 Å². The summed E-state index contributed by atoms with van der Waals surface area (Å²) in [5, 5.41) is 2.89. The number of aryl methyl sites for hydroxylation is 1. The molecule has 0 aliphatic carbocycles. The van der Waals surface area contributed by atoms with Gasteiger partial charge >= 0.3 is 5.97 Å². The zero-order chi connectivity index (χ0) is 19.6. The highest BCUT2D eigenvalue weighted by Crippen LogP contribution is 2.21. The Hall–Kier alpha value is -1.82. The van der Waals surface area contributed by atoms with Crippen molar-refractivity contribution in [1.82, 2.24) is 5.32 Å². The van der Waals surface area contributed by atoms with Crippen LogP contribution in [-0.2, 0) is 32.0 Å². The topological polar surface area (TPSA) is 72.5 Å². The smallest absolute Gasteiger partial charge is 0.328 e. The number of esters is 1. The number of nitrogens with one attached hydrogen (secondary N) is 1. The molecule has 0 unspecified atom stereocenters. The number of amides is 1. The molecule has 0 fully saturated rings. The van der Waals surface area contributed by atoms with Gasteiger partial charge in [0.1, 0.15) is 6.04 Å². The Balaban J connectivity index is 2.23. The van der Waals surface area contributed by atoms with Gasteiger partial charge in [0, 0.05) is 25.0 Å². The molecule has 0 bridgehead atoms. The first kappa shape index (κ1) is 21.5. The lowest BCUT2D eigenvalue weighted by Crippen LogP contribution is -2.46. The minimum absolute atomic E-state index is 0.00385. The van der Waals surface area contributed by atoms with Crippen molar-refractivity contribution in [1.29, 1.82) is 0 Å². The summed E-state index contributed by atoms with van der Waals surface area (Å²) in [6, 6.07) is 7.36. The summed E-state index contributed by atoms with van der Waals surface area (Å²) in [5.74, 6) is -0.435. The van der Waals surface area contributed by atoms with Crippen LogP contribution in [0.5, 0.6) is 0 Å². The van der Waals surface area contributed by atoms with Gasteiger partial charge in [-0.3, -0.25) is 9.59 Å². The summed E-state index contributed by atoms with van der Waals surface area (Å²) in [6.45, 7) is 1.51. The van der Waals surface area contributed by atoms with E-state index in [1.165, 1.54) is 31.4 Å². The molecule has 0 saturated carbocycles. The van der Waals surface area contributed by atoms with E-state index in [1.807, 2.05) is 18.2 Å². The third-order valence-corrected chi connectivity index (χ3v) is 5.93. The van der Waals surface area contributed by atoms with Gasteiger partial charge in [0.25, 0.3) is 0 Å². The van der Waals surface area contributed by atoms with Crippen LogP contribution in [0.1, 0.15) is 50.2 Å². The van der Waals surface area contributed by atoms with Gasteiger partial charge < -0.3 is 10.1 Å². The van der Waals surface area contributed by atoms with Crippen molar-refractivity contribution in [2.75, 3.05) is 12.9 Å². The Kier molecular flexibility index (Phi) is 8.85. The van der Waals surface area contributed by atoms with Crippen LogP contribution < -0.4 is 5.32 Å². The number of benzene rings is 1. The number of carbonyl (C=O) groups excluding carboxylic acids is 3. The number of fused-ring (bicyclic) bond motifs is 1. The number of carbonyl (C=O) groups is 3. The van der Waals surface area contributed by atoms with Gasteiger partial charge in [-0.25, -0.2) is 4.79 Å². The van der Waals surface area contributed by atoms with Gasteiger partial charge in [-0.1, -0.05) is 55.3 Å². The van der Waals surface area contributed by atoms with Crippen LogP contribution >= 0.6 is 11.8 Å². The van der Waals surface area contributed by atoms with Crippen molar-refractivity contribution in [3.05, 3.63) is 35.4 Å². The maximum atomic E-state index is 12.8. The lowest BCUT2D eigenvalue weighted by molar-refractivity contribution is -0.145. The summed E-state index contributed by atoms with van der Waals surface area (Å²) >= 11 is 1.17. The summed E-state index contributed by atoms with van der Waals surface area (Å²) in [6.07, 6.45) is 6.34. The van der Waals surface area contributed by atoms with E-state index in [1.54, 1.807) is 0 Å². The average Bonchev–Trinajstić information content (AvgIpc) is 2.66. The van der Waals surface area contributed by atoms with E-state index in [9.17, 15) is 14.4 Å². The molecular formula is C21H29NO4S. The van der Waals surface area contributed by atoms with E-state index >= 15 is 0 Å². The van der Waals surface area contributed by atoms with Gasteiger partial charge in [-0.15, -0.1) is 0 Å². The van der Waals surface area contributed by atoms with Crippen molar-refractivity contribution in [2.45, 2.75) is 57.9 Å². The highest BCUT2D eigenvalue weighted by molar-refractivity contribution is 8.13. The van der Waals surface area contributed by atoms with E-state index < -0.39 is 12.0 Å². The molecule has 1 aliphatic rings. The normalized spacial score (nSPS) is 21.6. The first-order valence-corrected chi connectivity index (χ1v) is 10.6. The van der Waals surface area contributed by atoms with Crippen LogP contribution in [0.2, 0.25) is 0 Å². The lowest BCUT2D eigenvalue weighted by atomic mass is 9.96. The monoisotopic (exact) mass is 391 g/mol. The molecule has 2 rings (SSSR count). The molecule has 1 N–H and O–H groups in total. The number of hydrogen-bond donors (Lipinski definition) is 1. The van der Waals surface area contributed by atoms with Crippen LogP contribution in [0.3, 0.4) is 0 Å². The van der Waals surface area contributed by atoms with Crippen molar-refractivity contribution < 1.29 is 19.1 Å². The fourth-order valence-corrected chi connectivity index (χ4v) is 4.17. The number of rotatable bonds is 3. The quantitative estimate of drug-likeness (QED) is 0.801. The summed E-state index contributed by atoms with van der Waals surface area (Å²) in [4.78, 5) is 36.4. The molecule has 1 aliphatic heterocycles. The minimum Gasteiger partial charge on any atom is -0.467 e. The highest BCUT2D eigenvalue weighted by atomic mass is 32.2. The standard InChI is InChI=1S/C21H29NO4S/c1-15(23)27-14-18-12-6-4-3-5-9-16-10-7-8-11-17(16)13-19(21(25)26-2)22-20(18)24/h7-8,10-11,18-19H,3-6,9,12-14H2,1-2H3,(H,22,24)/t18-,19-/m0/s1. The van der Waals surface area contributed by atoms with E-state index in [0.29, 0.717) is 12.2 Å². The van der Waals surface area contributed by atoms with Gasteiger partial charge in [-0.05, 0) is 30.4 Å². The molecule has 0 aromatic heterocycles. The number of ether oxygens (including phenoxy) is 1. The molecule has 148 valence electrons. The minimum atomic E-state index is -0.714. The molecule has 1 aromatic carbocycles. The molecule has 5 nitrogen and oxygen atoms in total. The fourth-order valence-electron chi connectivity index (χ4n) is 3.41. The molecule has 2 atom stereocenters. The Morgan fingerprint density at radius 1 is 1.15 bits per heavy atom. The van der Waals surface area contributed by atoms with Crippen LogP contribution in [0.15, 0.2) is 24.3 Å². The SMILES string of the molecule is COC(=O)[C@@H]1Cc2ccccc2CCCCCC[C@@H](CSC(C)=O)C(=O)N1. The molecule has 6 heteroatoms. The van der Waals surface area contributed by atoms with E-state index in [2.05, 4.69) is 11.4 Å². The fraction of sp³-hybridized carbons (Fsp3) is 0.571. The third-order valence-electron chi connectivity index (χ3n) is 4.95. The Labute approximate surface area is 165 Å².